The van der Waals surface area contributed by atoms with Crippen LogP contribution in [0.1, 0.15) is 15.9 Å². The zero-order valence-electron chi connectivity index (χ0n) is 10.4. The van der Waals surface area contributed by atoms with Crippen LogP contribution in [0.25, 0.3) is 0 Å². The van der Waals surface area contributed by atoms with Crippen molar-refractivity contribution in [1.82, 2.24) is 0 Å². The lowest BCUT2D eigenvalue weighted by atomic mass is 10.1. The fourth-order valence-corrected chi connectivity index (χ4v) is 2.41. The van der Waals surface area contributed by atoms with Crippen molar-refractivity contribution in [1.29, 1.82) is 0 Å². The van der Waals surface area contributed by atoms with E-state index in [0.717, 1.165) is 5.56 Å². The first-order chi connectivity index (χ1) is 8.06. The maximum atomic E-state index is 11.9. The Hall–Kier alpha value is -1.21. The van der Waals surface area contributed by atoms with Gasteiger partial charge in [-0.2, -0.15) is 0 Å². The van der Waals surface area contributed by atoms with Crippen molar-refractivity contribution >= 4 is 15.0 Å². The Labute approximate surface area is 102 Å². The normalized spacial score (nSPS) is 11.3. The number of carbonyl (C=O) groups is 1. The van der Waals surface area contributed by atoms with E-state index in [1.54, 1.807) is 18.2 Å². The highest BCUT2D eigenvalue weighted by atomic mass is 28.4. The molecule has 0 spiro atoms. The molecule has 94 valence electrons. The van der Waals surface area contributed by atoms with E-state index >= 15 is 0 Å². The van der Waals surface area contributed by atoms with E-state index in [1.165, 1.54) is 21.3 Å². The lowest BCUT2D eigenvalue weighted by Crippen LogP contribution is -2.48. The van der Waals surface area contributed by atoms with Crippen LogP contribution in [0.5, 0.6) is 0 Å². The lowest BCUT2D eigenvalue weighted by Gasteiger charge is -2.22. The SMILES string of the molecule is CO[Si](OC)(OC)OC(=O)c1cccc(C)c1. The number of rotatable bonds is 5. The van der Waals surface area contributed by atoms with Crippen molar-refractivity contribution in [2.24, 2.45) is 0 Å². The Morgan fingerprint density at radius 3 is 2.18 bits per heavy atom. The van der Waals surface area contributed by atoms with Gasteiger partial charge in [0.15, 0.2) is 0 Å². The van der Waals surface area contributed by atoms with Crippen molar-refractivity contribution in [3.05, 3.63) is 35.4 Å². The highest BCUT2D eigenvalue weighted by molar-refractivity contribution is 6.55. The van der Waals surface area contributed by atoms with Gasteiger partial charge in [0.2, 0.25) is 0 Å². The second-order valence-corrected chi connectivity index (χ2v) is 5.80. The molecular formula is C11H16O5Si. The predicted molar refractivity (Wildman–Crippen MR) is 63.4 cm³/mol. The van der Waals surface area contributed by atoms with Crippen LogP contribution < -0.4 is 0 Å². The monoisotopic (exact) mass is 256 g/mol. The van der Waals surface area contributed by atoms with Crippen molar-refractivity contribution in [3.8, 4) is 0 Å². The van der Waals surface area contributed by atoms with E-state index < -0.39 is 15.0 Å². The van der Waals surface area contributed by atoms with Crippen LogP contribution in [0.4, 0.5) is 0 Å². The van der Waals surface area contributed by atoms with Crippen molar-refractivity contribution in [2.45, 2.75) is 6.92 Å². The Morgan fingerprint density at radius 1 is 1.12 bits per heavy atom. The summed E-state index contributed by atoms with van der Waals surface area (Å²) in [5, 5.41) is 0. The first kappa shape index (κ1) is 13.9. The maximum Gasteiger partial charge on any atom is 0.751 e. The molecule has 1 rings (SSSR count). The Morgan fingerprint density at radius 2 is 1.71 bits per heavy atom. The third kappa shape index (κ3) is 3.37. The first-order valence-corrected chi connectivity index (χ1v) is 6.65. The fourth-order valence-electron chi connectivity index (χ4n) is 1.32. The summed E-state index contributed by atoms with van der Waals surface area (Å²) in [4.78, 5) is 11.9. The molecule has 17 heavy (non-hydrogen) atoms. The van der Waals surface area contributed by atoms with E-state index in [4.69, 9.17) is 17.7 Å². The molecule has 0 N–H and O–H groups in total. The average Bonchev–Trinajstić information content (AvgIpc) is 2.36. The molecule has 0 unspecified atom stereocenters. The minimum Gasteiger partial charge on any atom is -0.448 e. The smallest absolute Gasteiger partial charge is 0.448 e. The molecule has 0 saturated carbocycles. The Bertz CT molecular complexity index is 381. The summed E-state index contributed by atoms with van der Waals surface area (Å²) in [6.07, 6.45) is 0. The molecule has 0 heterocycles. The van der Waals surface area contributed by atoms with Gasteiger partial charge in [-0.3, -0.25) is 0 Å². The summed E-state index contributed by atoms with van der Waals surface area (Å²) in [6.45, 7) is 1.89. The summed E-state index contributed by atoms with van der Waals surface area (Å²) in [5.74, 6) is -0.522. The Balaban J connectivity index is 2.84. The third-order valence-electron chi connectivity index (χ3n) is 2.22. The summed E-state index contributed by atoms with van der Waals surface area (Å²) < 4.78 is 20.2. The van der Waals surface area contributed by atoms with Crippen LogP contribution in [0.3, 0.4) is 0 Å². The molecule has 0 bridgehead atoms. The summed E-state index contributed by atoms with van der Waals surface area (Å²) in [6, 6.07) is 7.06. The first-order valence-electron chi connectivity index (χ1n) is 5.02. The van der Waals surface area contributed by atoms with Gasteiger partial charge in [-0.25, -0.2) is 4.79 Å². The highest BCUT2D eigenvalue weighted by Gasteiger charge is 2.47. The number of carbonyl (C=O) groups excluding carboxylic acids is 1. The van der Waals surface area contributed by atoms with Gasteiger partial charge in [0.25, 0.3) is 0 Å². The van der Waals surface area contributed by atoms with Gasteiger partial charge < -0.3 is 17.7 Å². The molecule has 0 aliphatic carbocycles. The average molecular weight is 256 g/mol. The third-order valence-corrected chi connectivity index (χ3v) is 4.16. The minimum absolute atomic E-state index is 0.438. The summed E-state index contributed by atoms with van der Waals surface area (Å²) in [5.41, 5.74) is 1.41. The van der Waals surface area contributed by atoms with E-state index in [9.17, 15) is 4.79 Å². The molecule has 0 aliphatic heterocycles. The van der Waals surface area contributed by atoms with Crippen LogP contribution >= 0.6 is 0 Å². The van der Waals surface area contributed by atoms with Crippen molar-refractivity contribution in [3.63, 3.8) is 0 Å². The molecule has 0 saturated heterocycles. The maximum absolute atomic E-state index is 11.9. The largest absolute Gasteiger partial charge is 0.751 e. The second-order valence-electron chi connectivity index (χ2n) is 3.37. The number of hydrogen-bond donors (Lipinski definition) is 0. The summed E-state index contributed by atoms with van der Waals surface area (Å²) in [7, 11) is 0.803. The molecule has 0 aromatic heterocycles. The molecule has 1 aromatic carbocycles. The van der Waals surface area contributed by atoms with Crippen molar-refractivity contribution < 1.29 is 22.5 Å². The lowest BCUT2D eigenvalue weighted by molar-refractivity contribution is 0.00950. The zero-order valence-corrected chi connectivity index (χ0v) is 11.4. The second kappa shape index (κ2) is 5.92. The molecule has 0 fully saturated rings. The van der Waals surface area contributed by atoms with E-state index in [-0.39, 0.29) is 0 Å². The molecule has 6 heteroatoms. The molecule has 5 nitrogen and oxygen atoms in total. The molecular weight excluding hydrogens is 240 g/mol. The molecule has 0 aliphatic rings. The standard InChI is InChI=1S/C11H16O5Si/c1-9-6-5-7-10(8-9)11(12)16-17(13-2,14-3)15-4/h5-8H,1-4H3. The fraction of sp³-hybridized carbons (Fsp3) is 0.364. The molecule has 1 aromatic rings. The van der Waals surface area contributed by atoms with Gasteiger partial charge in [-0.1, -0.05) is 17.7 Å². The van der Waals surface area contributed by atoms with Gasteiger partial charge in [-0.15, -0.1) is 0 Å². The molecule has 0 radical (unpaired) electrons. The number of aryl methyl sites for hydroxylation is 1. The van der Waals surface area contributed by atoms with Crippen LogP contribution in [0, 0.1) is 6.92 Å². The van der Waals surface area contributed by atoms with Gasteiger partial charge in [0.1, 0.15) is 0 Å². The highest BCUT2D eigenvalue weighted by Crippen LogP contribution is 2.13. The minimum atomic E-state index is -3.33. The summed E-state index contributed by atoms with van der Waals surface area (Å²) >= 11 is 0. The van der Waals surface area contributed by atoms with Crippen molar-refractivity contribution in [2.75, 3.05) is 21.3 Å². The van der Waals surface area contributed by atoms with Gasteiger partial charge in [0, 0.05) is 21.3 Å². The Kier molecular flexibility index (Phi) is 4.82. The van der Waals surface area contributed by atoms with E-state index in [2.05, 4.69) is 0 Å². The van der Waals surface area contributed by atoms with E-state index in [1.807, 2.05) is 13.0 Å². The van der Waals surface area contributed by atoms with Crippen LogP contribution in [-0.4, -0.2) is 36.3 Å². The quantitative estimate of drug-likeness (QED) is 0.748. The molecule has 0 amide bonds. The topological polar surface area (TPSA) is 54.0 Å². The van der Waals surface area contributed by atoms with Crippen LogP contribution in [-0.2, 0) is 17.7 Å². The van der Waals surface area contributed by atoms with Gasteiger partial charge in [-0.05, 0) is 19.1 Å². The predicted octanol–water partition coefficient (Wildman–Crippen LogP) is 1.53. The van der Waals surface area contributed by atoms with Crippen LogP contribution in [0.15, 0.2) is 24.3 Å². The number of hydrogen-bond acceptors (Lipinski definition) is 5. The zero-order chi connectivity index (χ0) is 12.9. The van der Waals surface area contributed by atoms with Crippen LogP contribution in [0.2, 0.25) is 0 Å². The molecule has 0 atom stereocenters. The van der Waals surface area contributed by atoms with Gasteiger partial charge in [0.05, 0.1) is 5.56 Å². The van der Waals surface area contributed by atoms with Gasteiger partial charge >= 0.3 is 15.0 Å². The number of benzene rings is 1. The van der Waals surface area contributed by atoms with E-state index in [0.29, 0.717) is 5.56 Å².